The van der Waals surface area contributed by atoms with Crippen molar-refractivity contribution < 1.29 is 5.11 Å². The summed E-state index contributed by atoms with van der Waals surface area (Å²) in [5, 5.41) is 16.5. The van der Waals surface area contributed by atoms with Gasteiger partial charge in [-0.3, -0.25) is 14.6 Å². The number of pyridine rings is 1. The molecule has 0 amide bonds. The number of benzene rings is 1. The Bertz CT molecular complexity index is 764. The number of hydrogen-bond donors (Lipinski definition) is 2. The van der Waals surface area contributed by atoms with Gasteiger partial charge in [0.15, 0.2) is 10.6 Å². The van der Waals surface area contributed by atoms with E-state index in [2.05, 4.69) is 15.2 Å². The number of nitrogens with zero attached hydrogens (tertiary/aromatic N) is 3. The molecule has 0 atom stereocenters. The first-order valence-corrected chi connectivity index (χ1v) is 6.04. The van der Waals surface area contributed by atoms with Crippen LogP contribution < -0.4 is 0 Å². The maximum absolute atomic E-state index is 9.56. The smallest absolute Gasteiger partial charge is 0.200 e. The third kappa shape index (κ3) is 2.13. The summed E-state index contributed by atoms with van der Waals surface area (Å²) in [7, 11) is 0. The largest absolute Gasteiger partial charge is 0.508 e. The first kappa shape index (κ1) is 11.6. The van der Waals surface area contributed by atoms with E-state index in [1.54, 1.807) is 35.2 Å². The maximum Gasteiger partial charge on any atom is 0.200 e. The summed E-state index contributed by atoms with van der Waals surface area (Å²) in [6, 6.07) is 10.6. The highest BCUT2D eigenvalue weighted by atomic mass is 32.1. The number of phenols is 1. The molecular formula is C13H10N4OS. The van der Waals surface area contributed by atoms with Crippen LogP contribution in [0, 0.1) is 4.77 Å². The van der Waals surface area contributed by atoms with Gasteiger partial charge in [-0.05, 0) is 36.5 Å². The van der Waals surface area contributed by atoms with E-state index in [4.69, 9.17) is 12.2 Å². The van der Waals surface area contributed by atoms with Crippen LogP contribution in [0.5, 0.6) is 5.75 Å². The molecule has 5 nitrogen and oxygen atoms in total. The molecule has 3 aromatic rings. The van der Waals surface area contributed by atoms with E-state index < -0.39 is 0 Å². The van der Waals surface area contributed by atoms with Crippen molar-refractivity contribution in [3.8, 4) is 22.8 Å². The summed E-state index contributed by atoms with van der Waals surface area (Å²) < 4.78 is 2.25. The Labute approximate surface area is 114 Å². The number of aromatic hydroxyl groups is 1. The van der Waals surface area contributed by atoms with E-state index in [0.717, 1.165) is 11.3 Å². The molecule has 3 rings (SSSR count). The summed E-state index contributed by atoms with van der Waals surface area (Å²) in [6.07, 6.45) is 3.40. The van der Waals surface area contributed by atoms with Crippen LogP contribution in [0.1, 0.15) is 0 Å². The van der Waals surface area contributed by atoms with Crippen LogP contribution in [-0.2, 0) is 0 Å². The van der Waals surface area contributed by atoms with E-state index >= 15 is 0 Å². The zero-order valence-corrected chi connectivity index (χ0v) is 10.6. The number of hydrogen-bond acceptors (Lipinski definition) is 4. The van der Waals surface area contributed by atoms with Gasteiger partial charge in [0.1, 0.15) is 5.75 Å². The summed E-state index contributed by atoms with van der Waals surface area (Å²) in [5.41, 5.74) is 1.59. The lowest BCUT2D eigenvalue weighted by Crippen LogP contribution is -1.97. The molecule has 0 unspecified atom stereocenters. The first-order chi connectivity index (χ1) is 9.25. The molecule has 0 aliphatic rings. The molecule has 2 heterocycles. The van der Waals surface area contributed by atoms with Crippen LogP contribution in [0.25, 0.3) is 17.1 Å². The van der Waals surface area contributed by atoms with Crippen LogP contribution in [0.4, 0.5) is 0 Å². The molecule has 0 radical (unpaired) electrons. The lowest BCUT2D eigenvalue weighted by molar-refractivity contribution is 0.475. The summed E-state index contributed by atoms with van der Waals surface area (Å²) in [5.74, 6) is 0.818. The number of phenolic OH excluding ortho intramolecular Hbond substituents is 1. The number of nitrogens with one attached hydrogen (secondary N) is 1. The molecule has 0 fully saturated rings. The molecule has 0 bridgehead atoms. The number of H-pyrrole nitrogens is 1. The van der Waals surface area contributed by atoms with Gasteiger partial charge in [-0.25, -0.2) is 0 Å². The highest BCUT2D eigenvalue weighted by molar-refractivity contribution is 7.71. The van der Waals surface area contributed by atoms with Gasteiger partial charge in [0.25, 0.3) is 0 Å². The molecule has 0 spiro atoms. The van der Waals surface area contributed by atoms with E-state index in [0.29, 0.717) is 10.6 Å². The monoisotopic (exact) mass is 270 g/mol. The van der Waals surface area contributed by atoms with E-state index in [1.165, 1.54) is 0 Å². The Hall–Kier alpha value is -2.47. The molecule has 0 aliphatic carbocycles. The van der Waals surface area contributed by atoms with Crippen molar-refractivity contribution in [1.29, 1.82) is 0 Å². The second-order valence-corrected chi connectivity index (χ2v) is 4.34. The SMILES string of the molecule is Oc1cccc(-c2n[nH]c(=S)n2-c2cccnc2)c1. The third-order valence-electron chi connectivity index (χ3n) is 2.68. The van der Waals surface area contributed by atoms with Crippen LogP contribution in [0.15, 0.2) is 48.8 Å². The van der Waals surface area contributed by atoms with E-state index in [1.807, 2.05) is 18.2 Å². The van der Waals surface area contributed by atoms with Crippen molar-refractivity contribution in [2.45, 2.75) is 0 Å². The Balaban J connectivity index is 2.22. The minimum Gasteiger partial charge on any atom is -0.508 e. The normalized spacial score (nSPS) is 10.5. The lowest BCUT2D eigenvalue weighted by Gasteiger charge is -2.06. The van der Waals surface area contributed by atoms with Crippen molar-refractivity contribution in [2.24, 2.45) is 0 Å². The molecular weight excluding hydrogens is 260 g/mol. The average molecular weight is 270 g/mol. The first-order valence-electron chi connectivity index (χ1n) is 5.63. The number of aromatic nitrogens is 4. The molecule has 0 saturated heterocycles. The van der Waals surface area contributed by atoms with Gasteiger partial charge < -0.3 is 5.11 Å². The molecule has 1 aromatic carbocycles. The van der Waals surface area contributed by atoms with Crippen molar-refractivity contribution in [3.63, 3.8) is 0 Å². The Kier molecular flexibility index (Phi) is 2.85. The van der Waals surface area contributed by atoms with Crippen molar-refractivity contribution in [1.82, 2.24) is 19.7 Å². The second-order valence-electron chi connectivity index (χ2n) is 3.95. The fourth-order valence-corrected chi connectivity index (χ4v) is 2.10. The summed E-state index contributed by atoms with van der Waals surface area (Å²) in [4.78, 5) is 4.08. The van der Waals surface area contributed by atoms with Crippen LogP contribution in [0.3, 0.4) is 0 Å². The van der Waals surface area contributed by atoms with Crippen LogP contribution in [-0.4, -0.2) is 24.9 Å². The molecule has 2 aromatic heterocycles. The van der Waals surface area contributed by atoms with Gasteiger partial charge in [-0.15, -0.1) is 0 Å². The van der Waals surface area contributed by atoms with Crippen molar-refractivity contribution >= 4 is 12.2 Å². The van der Waals surface area contributed by atoms with Gasteiger partial charge >= 0.3 is 0 Å². The number of aromatic amines is 1. The molecule has 6 heteroatoms. The fraction of sp³-hybridized carbons (Fsp3) is 0. The zero-order chi connectivity index (χ0) is 13.2. The van der Waals surface area contributed by atoms with Gasteiger partial charge in [0.05, 0.1) is 11.9 Å². The lowest BCUT2D eigenvalue weighted by atomic mass is 10.2. The Morgan fingerprint density at radius 3 is 2.84 bits per heavy atom. The minimum atomic E-state index is 0.184. The van der Waals surface area contributed by atoms with Crippen LogP contribution >= 0.6 is 12.2 Å². The van der Waals surface area contributed by atoms with E-state index in [9.17, 15) is 5.11 Å². The quantitative estimate of drug-likeness (QED) is 0.703. The zero-order valence-electron chi connectivity index (χ0n) is 9.82. The summed E-state index contributed by atoms with van der Waals surface area (Å²) in [6.45, 7) is 0. The maximum atomic E-state index is 9.56. The minimum absolute atomic E-state index is 0.184. The predicted molar refractivity (Wildman–Crippen MR) is 73.6 cm³/mol. The van der Waals surface area contributed by atoms with Gasteiger partial charge in [0.2, 0.25) is 0 Å². The standard InChI is InChI=1S/C13H10N4OS/c18-11-5-1-3-9(7-11)12-15-16-13(19)17(12)10-4-2-6-14-8-10/h1-8,18H,(H,16,19). The molecule has 94 valence electrons. The third-order valence-corrected chi connectivity index (χ3v) is 2.95. The van der Waals surface area contributed by atoms with Crippen molar-refractivity contribution in [3.05, 3.63) is 53.6 Å². The molecule has 0 saturated carbocycles. The predicted octanol–water partition coefficient (Wildman–Crippen LogP) is 2.70. The van der Waals surface area contributed by atoms with Gasteiger partial charge in [-0.1, -0.05) is 12.1 Å². The average Bonchev–Trinajstić information content (AvgIpc) is 2.82. The topological polar surface area (TPSA) is 66.7 Å². The molecule has 2 N–H and O–H groups in total. The van der Waals surface area contributed by atoms with E-state index in [-0.39, 0.29) is 5.75 Å². The molecule has 19 heavy (non-hydrogen) atoms. The summed E-state index contributed by atoms with van der Waals surface area (Å²) >= 11 is 5.24. The van der Waals surface area contributed by atoms with Crippen LogP contribution in [0.2, 0.25) is 0 Å². The van der Waals surface area contributed by atoms with Gasteiger partial charge in [-0.2, -0.15) is 5.10 Å². The highest BCUT2D eigenvalue weighted by Gasteiger charge is 2.10. The highest BCUT2D eigenvalue weighted by Crippen LogP contribution is 2.23. The second kappa shape index (κ2) is 4.66. The Morgan fingerprint density at radius 1 is 1.21 bits per heavy atom. The number of rotatable bonds is 2. The fourth-order valence-electron chi connectivity index (χ4n) is 1.86. The molecule has 0 aliphatic heterocycles. The van der Waals surface area contributed by atoms with Gasteiger partial charge in [0, 0.05) is 11.8 Å². The Morgan fingerprint density at radius 2 is 2.11 bits per heavy atom. The van der Waals surface area contributed by atoms with Crippen molar-refractivity contribution in [2.75, 3.05) is 0 Å².